The van der Waals surface area contributed by atoms with Crippen LogP contribution in [0, 0.1) is 6.92 Å². The fourth-order valence-electron chi connectivity index (χ4n) is 2.93. The van der Waals surface area contributed by atoms with Gasteiger partial charge >= 0.3 is 0 Å². The molecule has 1 heterocycles. The molecule has 0 unspecified atom stereocenters. The van der Waals surface area contributed by atoms with Crippen molar-refractivity contribution >= 4 is 23.2 Å². The van der Waals surface area contributed by atoms with Crippen molar-refractivity contribution in [2.45, 2.75) is 45.1 Å². The summed E-state index contributed by atoms with van der Waals surface area (Å²) in [6, 6.07) is 8.36. The molecule has 20 heavy (non-hydrogen) atoms. The van der Waals surface area contributed by atoms with Gasteiger partial charge in [-0.25, -0.2) is 4.98 Å². The molecule has 0 amide bonds. The third-order valence-corrected chi connectivity index (χ3v) is 4.27. The monoisotopic (exact) mass is 289 g/mol. The summed E-state index contributed by atoms with van der Waals surface area (Å²) in [6.07, 6.45) is 8.62. The van der Waals surface area contributed by atoms with E-state index in [2.05, 4.69) is 21.1 Å². The van der Waals surface area contributed by atoms with Crippen LogP contribution in [0.15, 0.2) is 30.5 Å². The first kappa shape index (κ1) is 13.5. The molecule has 0 bridgehead atoms. The molecule has 1 aliphatic carbocycles. The maximum Gasteiger partial charge on any atom is 0.207 e. The molecule has 3 rings (SSSR count). The highest BCUT2D eigenvalue weighted by Gasteiger charge is 2.19. The van der Waals surface area contributed by atoms with Crippen molar-refractivity contribution in [2.75, 3.05) is 5.32 Å². The summed E-state index contributed by atoms with van der Waals surface area (Å²) in [5, 5.41) is 4.10. The van der Waals surface area contributed by atoms with Crippen molar-refractivity contribution in [3.05, 3.63) is 41.2 Å². The molecule has 1 N–H and O–H groups in total. The van der Waals surface area contributed by atoms with E-state index in [1.165, 1.54) is 32.1 Å². The minimum atomic E-state index is 0.565. The Bertz CT molecular complexity index is 585. The molecule has 1 aliphatic rings. The third kappa shape index (κ3) is 2.83. The van der Waals surface area contributed by atoms with Crippen LogP contribution >= 0.6 is 11.6 Å². The quantitative estimate of drug-likeness (QED) is 0.852. The van der Waals surface area contributed by atoms with Gasteiger partial charge in [0.2, 0.25) is 5.95 Å². The molecule has 0 aliphatic heterocycles. The Morgan fingerprint density at radius 2 is 1.95 bits per heavy atom. The molecule has 1 aromatic carbocycles. The Morgan fingerprint density at radius 1 is 1.20 bits per heavy atom. The summed E-state index contributed by atoms with van der Waals surface area (Å²) in [7, 11) is 0. The minimum Gasteiger partial charge on any atom is -0.324 e. The molecule has 1 saturated carbocycles. The first-order valence-electron chi connectivity index (χ1n) is 7.31. The average Bonchev–Trinajstić information content (AvgIpc) is 2.83. The molecule has 106 valence electrons. The third-order valence-electron chi connectivity index (χ3n) is 3.94. The van der Waals surface area contributed by atoms with Crippen molar-refractivity contribution in [2.24, 2.45) is 0 Å². The normalized spacial score (nSPS) is 16.3. The van der Waals surface area contributed by atoms with Crippen LogP contribution in [-0.4, -0.2) is 9.55 Å². The van der Waals surface area contributed by atoms with E-state index in [9.17, 15) is 0 Å². The number of rotatable bonds is 3. The van der Waals surface area contributed by atoms with Crippen LogP contribution in [0.1, 0.15) is 43.8 Å². The van der Waals surface area contributed by atoms with Crippen LogP contribution in [0.3, 0.4) is 0 Å². The smallest absolute Gasteiger partial charge is 0.207 e. The molecule has 2 aromatic rings. The van der Waals surface area contributed by atoms with Crippen LogP contribution in [0.5, 0.6) is 0 Å². The van der Waals surface area contributed by atoms with Crippen LogP contribution in [0.2, 0.25) is 5.02 Å². The van der Waals surface area contributed by atoms with Crippen LogP contribution < -0.4 is 5.32 Å². The number of nitrogens with one attached hydrogen (secondary N) is 1. The Hall–Kier alpha value is -1.48. The van der Waals surface area contributed by atoms with Crippen molar-refractivity contribution < 1.29 is 0 Å². The fraction of sp³-hybridized carbons (Fsp3) is 0.438. The number of aryl methyl sites for hydroxylation is 1. The zero-order chi connectivity index (χ0) is 13.9. The minimum absolute atomic E-state index is 0.565. The largest absolute Gasteiger partial charge is 0.324 e. The van der Waals surface area contributed by atoms with Gasteiger partial charge in [0.25, 0.3) is 0 Å². The highest BCUT2D eigenvalue weighted by Crippen LogP contribution is 2.32. The molecule has 1 aromatic heterocycles. The van der Waals surface area contributed by atoms with E-state index in [-0.39, 0.29) is 0 Å². The van der Waals surface area contributed by atoms with Gasteiger partial charge in [-0.15, -0.1) is 0 Å². The zero-order valence-electron chi connectivity index (χ0n) is 11.8. The Morgan fingerprint density at radius 3 is 2.70 bits per heavy atom. The second-order valence-corrected chi connectivity index (χ2v) is 5.92. The van der Waals surface area contributed by atoms with Crippen molar-refractivity contribution in [3.8, 4) is 0 Å². The molecular weight excluding hydrogens is 270 g/mol. The lowest BCUT2D eigenvalue weighted by Crippen LogP contribution is -2.14. The van der Waals surface area contributed by atoms with Crippen LogP contribution in [0.4, 0.5) is 11.6 Å². The van der Waals surface area contributed by atoms with E-state index in [4.69, 9.17) is 11.6 Å². The van der Waals surface area contributed by atoms with Gasteiger partial charge in [-0.1, -0.05) is 43.0 Å². The summed E-state index contributed by atoms with van der Waals surface area (Å²) in [4.78, 5) is 4.62. The van der Waals surface area contributed by atoms with Gasteiger partial charge in [-0.05, 0) is 31.9 Å². The maximum atomic E-state index is 6.22. The number of nitrogens with zero attached hydrogens (tertiary/aromatic N) is 2. The predicted molar refractivity (Wildman–Crippen MR) is 83.8 cm³/mol. The van der Waals surface area contributed by atoms with E-state index in [0.717, 1.165) is 22.4 Å². The van der Waals surface area contributed by atoms with Gasteiger partial charge in [0.1, 0.15) is 0 Å². The van der Waals surface area contributed by atoms with Crippen LogP contribution in [0.25, 0.3) is 0 Å². The molecular formula is C16H20ClN3. The van der Waals surface area contributed by atoms with Crippen molar-refractivity contribution in [3.63, 3.8) is 0 Å². The summed E-state index contributed by atoms with van der Waals surface area (Å²) >= 11 is 6.22. The Kier molecular flexibility index (Phi) is 3.97. The van der Waals surface area contributed by atoms with Crippen LogP contribution in [-0.2, 0) is 0 Å². The maximum absolute atomic E-state index is 6.22. The summed E-state index contributed by atoms with van der Waals surface area (Å²) < 4.78 is 2.29. The SMILES string of the molecule is Cc1cn(C2CCCCC2)c(Nc2ccccc2Cl)n1. The van der Waals surface area contributed by atoms with E-state index >= 15 is 0 Å². The first-order valence-corrected chi connectivity index (χ1v) is 7.69. The molecule has 0 atom stereocenters. The topological polar surface area (TPSA) is 29.9 Å². The molecule has 1 fully saturated rings. The number of hydrogen-bond donors (Lipinski definition) is 1. The lowest BCUT2D eigenvalue weighted by atomic mass is 9.95. The van der Waals surface area contributed by atoms with E-state index in [1.54, 1.807) is 0 Å². The van der Waals surface area contributed by atoms with E-state index < -0.39 is 0 Å². The number of halogens is 1. The molecule has 0 spiro atoms. The number of aromatic nitrogens is 2. The lowest BCUT2D eigenvalue weighted by Gasteiger charge is -2.24. The first-order chi connectivity index (χ1) is 9.74. The van der Waals surface area contributed by atoms with Gasteiger partial charge in [0.15, 0.2) is 0 Å². The molecule has 4 heteroatoms. The van der Waals surface area contributed by atoms with Gasteiger partial charge in [0, 0.05) is 12.2 Å². The number of benzene rings is 1. The number of para-hydroxylation sites is 1. The van der Waals surface area contributed by atoms with E-state index in [0.29, 0.717) is 6.04 Å². The zero-order valence-corrected chi connectivity index (χ0v) is 12.5. The molecule has 3 nitrogen and oxygen atoms in total. The summed E-state index contributed by atoms with van der Waals surface area (Å²) in [6.45, 7) is 2.04. The van der Waals surface area contributed by atoms with E-state index in [1.807, 2.05) is 31.2 Å². The highest BCUT2D eigenvalue weighted by molar-refractivity contribution is 6.33. The van der Waals surface area contributed by atoms with Crippen molar-refractivity contribution in [1.82, 2.24) is 9.55 Å². The standard InChI is InChI=1S/C16H20ClN3/c1-12-11-20(13-7-3-2-4-8-13)16(18-12)19-15-10-6-5-9-14(15)17/h5-6,9-11,13H,2-4,7-8H2,1H3,(H,18,19). The average molecular weight is 290 g/mol. The van der Waals surface area contributed by atoms with Gasteiger partial charge in [-0.2, -0.15) is 0 Å². The second-order valence-electron chi connectivity index (χ2n) is 5.51. The molecule has 0 radical (unpaired) electrons. The Balaban J connectivity index is 1.87. The molecule has 0 saturated heterocycles. The number of anilines is 2. The fourth-order valence-corrected chi connectivity index (χ4v) is 3.11. The number of imidazole rings is 1. The van der Waals surface area contributed by atoms with Gasteiger partial charge in [-0.3, -0.25) is 0 Å². The Labute approximate surface area is 125 Å². The lowest BCUT2D eigenvalue weighted by molar-refractivity contribution is 0.356. The summed E-state index contributed by atoms with van der Waals surface area (Å²) in [5.74, 6) is 0.905. The summed E-state index contributed by atoms with van der Waals surface area (Å²) in [5.41, 5.74) is 1.96. The number of hydrogen-bond acceptors (Lipinski definition) is 2. The van der Waals surface area contributed by atoms with Gasteiger partial charge in [0.05, 0.1) is 16.4 Å². The second kappa shape index (κ2) is 5.88. The predicted octanol–water partition coefficient (Wildman–Crippen LogP) is 5.09. The van der Waals surface area contributed by atoms with Gasteiger partial charge < -0.3 is 9.88 Å². The van der Waals surface area contributed by atoms with Crippen molar-refractivity contribution in [1.29, 1.82) is 0 Å². The highest BCUT2D eigenvalue weighted by atomic mass is 35.5.